The normalized spacial score (nSPS) is 14.5. The molecule has 0 saturated heterocycles. The summed E-state index contributed by atoms with van der Waals surface area (Å²) < 4.78 is 0. The van der Waals surface area contributed by atoms with Crippen LogP contribution in [0, 0.1) is 5.41 Å². The van der Waals surface area contributed by atoms with Crippen molar-refractivity contribution in [1.29, 1.82) is 0 Å². The summed E-state index contributed by atoms with van der Waals surface area (Å²) in [4.78, 5) is 22.4. The number of carbonyl (C=O) groups is 2. The summed E-state index contributed by atoms with van der Waals surface area (Å²) in [7, 11) is 0. The number of rotatable bonds is 4. The molecule has 1 atom stereocenters. The fourth-order valence-corrected chi connectivity index (χ4v) is 0.845. The van der Waals surface area contributed by atoms with Crippen molar-refractivity contribution in [2.45, 2.75) is 46.2 Å². The second-order valence-electron chi connectivity index (χ2n) is 4.83. The highest BCUT2D eigenvalue weighted by Crippen LogP contribution is 2.30. The van der Waals surface area contributed by atoms with E-state index in [1.54, 1.807) is 34.6 Å². The number of carboxylic acids is 1. The minimum absolute atomic E-state index is 0.352. The molecule has 0 rings (SSSR count). The van der Waals surface area contributed by atoms with E-state index in [4.69, 9.17) is 10.8 Å². The van der Waals surface area contributed by atoms with E-state index in [1.807, 2.05) is 0 Å². The van der Waals surface area contributed by atoms with E-state index in [2.05, 4.69) is 5.32 Å². The largest absolute Gasteiger partial charge is 0.481 e. The summed E-state index contributed by atoms with van der Waals surface area (Å²) in [6.45, 7) is 8.02. The Morgan fingerprint density at radius 3 is 1.93 bits per heavy atom. The molecule has 4 N–H and O–H groups in total. The minimum Gasteiger partial charge on any atom is -0.481 e. The van der Waals surface area contributed by atoms with Crippen LogP contribution in [-0.2, 0) is 9.59 Å². The molecule has 5 heteroatoms. The first-order chi connectivity index (χ1) is 6.52. The van der Waals surface area contributed by atoms with Gasteiger partial charge in [0.2, 0.25) is 5.91 Å². The van der Waals surface area contributed by atoms with Gasteiger partial charge in [0.25, 0.3) is 0 Å². The second kappa shape index (κ2) is 4.18. The number of carbonyl (C=O) groups excluding carboxylic acids is 1. The van der Waals surface area contributed by atoms with Gasteiger partial charge in [0, 0.05) is 0 Å². The summed E-state index contributed by atoms with van der Waals surface area (Å²) in [6.07, 6.45) is 0. The first kappa shape index (κ1) is 13.9. The smallest absolute Gasteiger partial charge is 0.311 e. The van der Waals surface area contributed by atoms with Crippen molar-refractivity contribution in [1.82, 2.24) is 5.32 Å². The molecular formula is C10H20N2O3. The van der Waals surface area contributed by atoms with Gasteiger partial charge in [-0.1, -0.05) is 0 Å². The predicted molar refractivity (Wildman–Crippen MR) is 57.3 cm³/mol. The Labute approximate surface area is 90.0 Å². The molecule has 0 aromatic carbocycles. The quantitative estimate of drug-likeness (QED) is 0.631. The third-order valence-electron chi connectivity index (χ3n) is 2.95. The molecule has 0 aromatic rings. The maximum Gasteiger partial charge on any atom is 0.311 e. The summed E-state index contributed by atoms with van der Waals surface area (Å²) in [6, 6.07) is -0.645. The number of hydrogen-bond donors (Lipinski definition) is 3. The van der Waals surface area contributed by atoms with Crippen molar-refractivity contribution < 1.29 is 14.7 Å². The maximum atomic E-state index is 11.4. The molecule has 1 amide bonds. The summed E-state index contributed by atoms with van der Waals surface area (Å²) in [5.41, 5.74) is 3.49. The topological polar surface area (TPSA) is 92.4 Å². The fraction of sp³-hybridized carbons (Fsp3) is 0.800. The van der Waals surface area contributed by atoms with E-state index in [0.29, 0.717) is 0 Å². The lowest BCUT2D eigenvalue weighted by molar-refractivity contribution is -0.151. The number of nitrogens with two attached hydrogens (primary N) is 1. The Morgan fingerprint density at radius 2 is 1.67 bits per heavy atom. The van der Waals surface area contributed by atoms with Crippen LogP contribution < -0.4 is 11.1 Å². The molecule has 88 valence electrons. The zero-order chi connectivity index (χ0) is 12.4. The number of amides is 1. The number of hydrogen-bond acceptors (Lipinski definition) is 3. The van der Waals surface area contributed by atoms with Crippen LogP contribution in [0.4, 0.5) is 0 Å². The van der Waals surface area contributed by atoms with Crippen LogP contribution in [0.15, 0.2) is 0 Å². The lowest BCUT2D eigenvalue weighted by atomic mass is 9.74. The minimum atomic E-state index is -1.06. The van der Waals surface area contributed by atoms with E-state index in [9.17, 15) is 9.59 Å². The standard InChI is InChI=1S/C10H20N2O3/c1-6(11)7(13)12-10(4,5)9(2,3)8(14)15/h6H,11H2,1-5H3,(H,12,13)(H,14,15)/t6-/m0/s1. The Bertz CT molecular complexity index is 270. The third kappa shape index (κ3) is 2.92. The molecule has 0 aliphatic heterocycles. The molecule has 0 bridgehead atoms. The van der Waals surface area contributed by atoms with Crippen LogP contribution in [0.2, 0.25) is 0 Å². The number of aliphatic carboxylic acids is 1. The average molecular weight is 216 g/mol. The van der Waals surface area contributed by atoms with E-state index in [1.165, 1.54) is 0 Å². The van der Waals surface area contributed by atoms with Crippen LogP contribution in [0.25, 0.3) is 0 Å². The van der Waals surface area contributed by atoms with Gasteiger partial charge in [-0.15, -0.1) is 0 Å². The van der Waals surface area contributed by atoms with Gasteiger partial charge in [0.15, 0.2) is 0 Å². The van der Waals surface area contributed by atoms with Gasteiger partial charge in [0.05, 0.1) is 17.0 Å². The first-order valence-corrected chi connectivity index (χ1v) is 4.83. The molecule has 0 fully saturated rings. The Kier molecular flexibility index (Phi) is 3.88. The summed E-state index contributed by atoms with van der Waals surface area (Å²) in [5, 5.41) is 11.7. The molecule has 0 heterocycles. The van der Waals surface area contributed by atoms with Crippen LogP contribution in [0.5, 0.6) is 0 Å². The Hall–Kier alpha value is -1.10. The number of nitrogens with one attached hydrogen (secondary N) is 1. The monoisotopic (exact) mass is 216 g/mol. The van der Waals surface area contributed by atoms with Crippen LogP contribution in [0.1, 0.15) is 34.6 Å². The fourth-order valence-electron chi connectivity index (χ4n) is 0.845. The van der Waals surface area contributed by atoms with E-state index >= 15 is 0 Å². The van der Waals surface area contributed by atoms with Gasteiger partial charge >= 0.3 is 5.97 Å². The molecule has 0 spiro atoms. The molecule has 0 saturated carbocycles. The molecule has 5 nitrogen and oxygen atoms in total. The van der Waals surface area contributed by atoms with Crippen molar-refractivity contribution in [3.05, 3.63) is 0 Å². The molecule has 0 unspecified atom stereocenters. The van der Waals surface area contributed by atoms with E-state index in [-0.39, 0.29) is 5.91 Å². The lowest BCUT2D eigenvalue weighted by Gasteiger charge is -2.39. The molecule has 0 aliphatic rings. The molecule has 0 aliphatic carbocycles. The van der Waals surface area contributed by atoms with Crippen LogP contribution >= 0.6 is 0 Å². The van der Waals surface area contributed by atoms with Gasteiger partial charge in [0.1, 0.15) is 0 Å². The van der Waals surface area contributed by atoms with Gasteiger partial charge in [-0.05, 0) is 34.6 Å². The molecule has 0 aromatic heterocycles. The second-order valence-corrected chi connectivity index (χ2v) is 4.83. The van der Waals surface area contributed by atoms with Gasteiger partial charge < -0.3 is 16.2 Å². The Morgan fingerprint density at radius 1 is 1.27 bits per heavy atom. The molecular weight excluding hydrogens is 196 g/mol. The van der Waals surface area contributed by atoms with E-state index in [0.717, 1.165) is 0 Å². The van der Waals surface area contributed by atoms with Crippen LogP contribution in [0.3, 0.4) is 0 Å². The zero-order valence-electron chi connectivity index (χ0n) is 9.92. The maximum absolute atomic E-state index is 11.4. The van der Waals surface area contributed by atoms with Gasteiger partial charge in [-0.25, -0.2) is 0 Å². The van der Waals surface area contributed by atoms with Gasteiger partial charge in [-0.3, -0.25) is 9.59 Å². The lowest BCUT2D eigenvalue weighted by Crippen LogP contribution is -2.59. The highest BCUT2D eigenvalue weighted by Gasteiger charge is 2.44. The van der Waals surface area contributed by atoms with E-state index < -0.39 is 23.0 Å². The van der Waals surface area contributed by atoms with Gasteiger partial charge in [-0.2, -0.15) is 0 Å². The van der Waals surface area contributed by atoms with Crippen molar-refractivity contribution >= 4 is 11.9 Å². The Balaban J connectivity index is 4.83. The number of carboxylic acid groups (broad SMARTS) is 1. The molecule has 15 heavy (non-hydrogen) atoms. The molecule has 0 radical (unpaired) electrons. The average Bonchev–Trinajstić information content (AvgIpc) is 2.02. The van der Waals surface area contributed by atoms with Crippen molar-refractivity contribution in [2.24, 2.45) is 11.1 Å². The predicted octanol–water partition coefficient (Wildman–Crippen LogP) is 0.339. The third-order valence-corrected chi connectivity index (χ3v) is 2.95. The van der Waals surface area contributed by atoms with Crippen molar-refractivity contribution in [3.8, 4) is 0 Å². The summed E-state index contributed by atoms with van der Waals surface area (Å²) >= 11 is 0. The highest BCUT2D eigenvalue weighted by atomic mass is 16.4. The first-order valence-electron chi connectivity index (χ1n) is 4.83. The van der Waals surface area contributed by atoms with Crippen molar-refractivity contribution in [3.63, 3.8) is 0 Å². The van der Waals surface area contributed by atoms with Crippen molar-refractivity contribution in [2.75, 3.05) is 0 Å². The summed E-state index contributed by atoms with van der Waals surface area (Å²) in [5.74, 6) is -1.31. The zero-order valence-corrected chi connectivity index (χ0v) is 9.92. The SMILES string of the molecule is C[C@H](N)C(=O)NC(C)(C)C(C)(C)C(=O)O. The highest BCUT2D eigenvalue weighted by molar-refractivity contribution is 5.83. The van der Waals surface area contributed by atoms with Crippen LogP contribution in [-0.4, -0.2) is 28.6 Å².